The van der Waals surface area contributed by atoms with E-state index >= 15 is 0 Å². The molecule has 4 aromatic rings. The molecule has 1 aliphatic rings. The van der Waals surface area contributed by atoms with Crippen LogP contribution in [0.25, 0.3) is 28.2 Å². The molecule has 0 amide bonds. The van der Waals surface area contributed by atoms with Crippen LogP contribution in [-0.4, -0.2) is 35.2 Å². The molecular weight excluding hydrogens is 463 g/mol. The average molecular weight is 477 g/mol. The van der Waals surface area contributed by atoms with Crippen LogP contribution in [0.15, 0.2) is 59.6 Å². The molecule has 2 aromatic heterocycles. The first-order valence-electron chi connectivity index (χ1n) is 9.35. The number of nitrogens with zero attached hydrogens (tertiary/aromatic N) is 3. The van der Waals surface area contributed by atoms with Gasteiger partial charge in [0.25, 0.3) is 0 Å². The molecule has 13 heteroatoms. The Bertz CT molecular complexity index is 1450. The number of hydrogen-bond acceptors (Lipinski definition) is 6. The fourth-order valence-corrected chi connectivity index (χ4v) is 3.97. The summed E-state index contributed by atoms with van der Waals surface area (Å²) in [6.07, 6.45) is -3.18. The molecule has 33 heavy (non-hydrogen) atoms. The van der Waals surface area contributed by atoms with Crippen molar-refractivity contribution in [2.75, 3.05) is 6.79 Å². The van der Waals surface area contributed by atoms with Crippen molar-refractivity contribution in [2.24, 2.45) is 5.14 Å². The Morgan fingerprint density at radius 1 is 1.06 bits per heavy atom. The number of nitrogens with one attached hydrogen (secondary N) is 1. The summed E-state index contributed by atoms with van der Waals surface area (Å²) in [5.41, 5.74) is 0.647. The summed E-state index contributed by atoms with van der Waals surface area (Å²) in [6.45, 7) is -0.0991. The summed E-state index contributed by atoms with van der Waals surface area (Å²) in [4.78, 5) is -0.185. The van der Waals surface area contributed by atoms with Crippen molar-refractivity contribution in [2.45, 2.75) is 11.1 Å². The lowest BCUT2D eigenvalue weighted by Gasteiger charge is -2.12. The second-order valence-electron chi connectivity index (χ2n) is 7.09. The minimum Gasteiger partial charge on any atom is -0.454 e. The van der Waals surface area contributed by atoms with Crippen molar-refractivity contribution in [3.8, 4) is 39.7 Å². The Balaban J connectivity index is 1.73. The van der Waals surface area contributed by atoms with E-state index in [1.165, 1.54) is 24.3 Å². The Kier molecular flexibility index (Phi) is 4.68. The summed E-state index contributed by atoms with van der Waals surface area (Å²) in [7, 11) is -3.98. The van der Waals surface area contributed by atoms with Gasteiger partial charge in [-0.05, 0) is 48.5 Å². The van der Waals surface area contributed by atoms with Gasteiger partial charge in [0.15, 0.2) is 17.2 Å². The Hall–Kier alpha value is -3.84. The van der Waals surface area contributed by atoms with Gasteiger partial charge in [0, 0.05) is 17.3 Å². The van der Waals surface area contributed by atoms with Crippen molar-refractivity contribution < 1.29 is 31.1 Å². The first kappa shape index (κ1) is 21.0. The predicted molar refractivity (Wildman–Crippen MR) is 109 cm³/mol. The van der Waals surface area contributed by atoms with Crippen molar-refractivity contribution >= 4 is 10.0 Å². The first-order chi connectivity index (χ1) is 15.6. The third-order valence-corrected chi connectivity index (χ3v) is 5.90. The highest BCUT2D eigenvalue weighted by molar-refractivity contribution is 7.89. The zero-order chi connectivity index (χ0) is 23.4. The van der Waals surface area contributed by atoms with Crippen LogP contribution in [0.2, 0.25) is 0 Å². The zero-order valence-electron chi connectivity index (χ0n) is 16.5. The monoisotopic (exact) mass is 477 g/mol. The van der Waals surface area contributed by atoms with E-state index in [9.17, 15) is 21.6 Å². The smallest absolute Gasteiger partial charge is 0.435 e. The van der Waals surface area contributed by atoms with Crippen LogP contribution >= 0.6 is 0 Å². The summed E-state index contributed by atoms with van der Waals surface area (Å²) < 4.78 is 75.9. The molecule has 0 spiro atoms. The summed E-state index contributed by atoms with van der Waals surface area (Å²) in [5, 5.41) is 15.6. The molecule has 3 N–H and O–H groups in total. The van der Waals surface area contributed by atoms with Crippen LogP contribution in [0.4, 0.5) is 13.2 Å². The van der Waals surface area contributed by atoms with Gasteiger partial charge in [0.2, 0.25) is 16.8 Å². The molecule has 3 heterocycles. The molecule has 2 aromatic carbocycles. The summed E-state index contributed by atoms with van der Waals surface area (Å²) in [5.74, 6) is 0.609. The molecule has 9 nitrogen and oxygen atoms in total. The van der Waals surface area contributed by atoms with Crippen LogP contribution in [0, 0.1) is 0 Å². The fourth-order valence-electron chi connectivity index (χ4n) is 3.46. The highest BCUT2D eigenvalue weighted by atomic mass is 32.2. The van der Waals surface area contributed by atoms with Crippen LogP contribution in [0.5, 0.6) is 11.5 Å². The van der Waals surface area contributed by atoms with Crippen molar-refractivity contribution in [3.63, 3.8) is 0 Å². The van der Waals surface area contributed by atoms with Crippen LogP contribution < -0.4 is 14.6 Å². The number of benzene rings is 2. The van der Waals surface area contributed by atoms with Gasteiger partial charge in [-0.25, -0.2) is 18.2 Å². The minimum atomic E-state index is -4.72. The number of halogens is 3. The minimum absolute atomic E-state index is 0.0637. The van der Waals surface area contributed by atoms with Gasteiger partial charge in [-0.2, -0.15) is 23.4 Å². The standard InChI is InChI=1S/C20H14F3N5O4S/c21-20(22,23)18-9-16(28(27-18)12-1-3-13(4-2-12)33(24,29)30)14-7-11(15-5-6-25-26-15)8-17-19(14)32-10-31-17/h1-9H,10H2,(H,25,26)(H2,24,29,30). The maximum Gasteiger partial charge on any atom is 0.435 e. The van der Waals surface area contributed by atoms with E-state index in [1.54, 1.807) is 24.4 Å². The first-order valence-corrected chi connectivity index (χ1v) is 10.9. The fraction of sp³-hybridized carbons (Fsp3) is 0.100. The van der Waals surface area contributed by atoms with E-state index in [4.69, 9.17) is 14.6 Å². The molecular formula is C20H14F3N5O4S. The van der Waals surface area contributed by atoms with Crippen molar-refractivity contribution in [1.29, 1.82) is 0 Å². The van der Waals surface area contributed by atoms with Crippen LogP contribution in [-0.2, 0) is 16.2 Å². The lowest BCUT2D eigenvalue weighted by atomic mass is 10.0. The van der Waals surface area contributed by atoms with Crippen molar-refractivity contribution in [1.82, 2.24) is 20.0 Å². The molecule has 0 fully saturated rings. The summed E-state index contributed by atoms with van der Waals surface area (Å²) >= 11 is 0. The Labute approximate surface area is 184 Å². The molecule has 0 radical (unpaired) electrons. The van der Waals surface area contributed by atoms with Crippen molar-refractivity contribution in [3.05, 3.63) is 60.4 Å². The topological polar surface area (TPSA) is 125 Å². The third kappa shape index (κ3) is 3.81. The van der Waals surface area contributed by atoms with Gasteiger partial charge in [-0.3, -0.25) is 5.10 Å². The van der Waals surface area contributed by atoms with Gasteiger partial charge in [-0.15, -0.1) is 0 Å². The Morgan fingerprint density at radius 2 is 1.82 bits per heavy atom. The number of ether oxygens (including phenoxy) is 2. The lowest BCUT2D eigenvalue weighted by molar-refractivity contribution is -0.141. The van der Waals surface area contributed by atoms with Crippen LogP contribution in [0.3, 0.4) is 0 Å². The maximum atomic E-state index is 13.6. The molecule has 5 rings (SSSR count). The second kappa shape index (κ2) is 7.35. The number of aromatic amines is 1. The average Bonchev–Trinajstić information content (AvgIpc) is 3.52. The number of sulfonamides is 1. The number of alkyl halides is 3. The number of fused-ring (bicyclic) bond motifs is 1. The number of rotatable bonds is 4. The van der Waals surface area contributed by atoms with E-state index in [1.807, 2.05) is 0 Å². The van der Waals surface area contributed by atoms with E-state index in [-0.39, 0.29) is 28.8 Å². The largest absolute Gasteiger partial charge is 0.454 e. The molecule has 0 saturated heterocycles. The van der Waals surface area contributed by atoms with Gasteiger partial charge in [0.05, 0.1) is 22.0 Å². The highest BCUT2D eigenvalue weighted by Crippen LogP contribution is 2.46. The van der Waals surface area contributed by atoms with E-state index in [0.29, 0.717) is 22.6 Å². The molecule has 0 bridgehead atoms. The summed E-state index contributed by atoms with van der Waals surface area (Å²) in [6, 6.07) is 10.9. The third-order valence-electron chi connectivity index (χ3n) is 4.97. The SMILES string of the molecule is NS(=O)(=O)c1ccc(-n2nc(C(F)(F)F)cc2-c2cc(-c3ccn[nH]3)cc3c2OCO3)cc1. The molecule has 0 aliphatic carbocycles. The quantitative estimate of drug-likeness (QED) is 0.465. The van der Waals surface area contributed by atoms with E-state index in [0.717, 1.165) is 10.7 Å². The van der Waals surface area contributed by atoms with Gasteiger partial charge in [-0.1, -0.05) is 0 Å². The number of primary sulfonamides is 1. The van der Waals surface area contributed by atoms with E-state index in [2.05, 4.69) is 15.3 Å². The number of nitrogens with two attached hydrogens (primary N) is 1. The Morgan fingerprint density at radius 3 is 2.45 bits per heavy atom. The number of aromatic nitrogens is 4. The molecule has 1 aliphatic heterocycles. The molecule has 0 atom stereocenters. The van der Waals surface area contributed by atoms with Gasteiger partial charge < -0.3 is 9.47 Å². The normalized spacial score (nSPS) is 13.5. The molecule has 0 saturated carbocycles. The van der Waals surface area contributed by atoms with Gasteiger partial charge >= 0.3 is 6.18 Å². The highest BCUT2D eigenvalue weighted by Gasteiger charge is 2.36. The maximum absolute atomic E-state index is 13.6. The van der Waals surface area contributed by atoms with Gasteiger partial charge in [0.1, 0.15) is 0 Å². The van der Waals surface area contributed by atoms with E-state index < -0.39 is 21.9 Å². The second-order valence-corrected chi connectivity index (χ2v) is 8.65. The number of hydrogen-bond donors (Lipinski definition) is 2. The predicted octanol–water partition coefficient (Wildman–Crippen LogP) is 3.32. The molecule has 0 unspecified atom stereocenters. The lowest BCUT2D eigenvalue weighted by Crippen LogP contribution is -2.12. The zero-order valence-corrected chi connectivity index (χ0v) is 17.3. The molecule has 170 valence electrons. The number of H-pyrrole nitrogens is 1. The van der Waals surface area contributed by atoms with Crippen LogP contribution in [0.1, 0.15) is 5.69 Å².